The van der Waals surface area contributed by atoms with Crippen LogP contribution in [0.3, 0.4) is 0 Å². The minimum Gasteiger partial charge on any atom is -0.337 e. The average Bonchev–Trinajstić information content (AvgIpc) is 3.23. The van der Waals surface area contributed by atoms with Crippen molar-refractivity contribution >= 4 is 31.5 Å². The molecule has 0 radical (unpaired) electrons. The van der Waals surface area contributed by atoms with Crippen LogP contribution in [0.25, 0.3) is 0 Å². The molecule has 2 aromatic carbocycles. The zero-order valence-electron chi connectivity index (χ0n) is 19.2. The van der Waals surface area contributed by atoms with Crippen molar-refractivity contribution in [2.24, 2.45) is 0 Å². The van der Waals surface area contributed by atoms with Crippen molar-refractivity contribution in [3.05, 3.63) is 59.7 Å². The molecule has 10 heteroatoms. The second kappa shape index (κ2) is 10.2. The van der Waals surface area contributed by atoms with Gasteiger partial charge in [0.1, 0.15) is 0 Å². The lowest BCUT2D eigenvalue weighted by Crippen LogP contribution is -2.39. The third-order valence-electron chi connectivity index (χ3n) is 5.77. The van der Waals surface area contributed by atoms with Crippen LogP contribution >= 0.6 is 0 Å². The highest BCUT2D eigenvalue weighted by atomic mass is 32.2. The van der Waals surface area contributed by atoms with E-state index in [9.17, 15) is 21.6 Å². The Bertz CT molecular complexity index is 1190. The van der Waals surface area contributed by atoms with E-state index in [1.807, 2.05) is 6.07 Å². The van der Waals surface area contributed by atoms with E-state index in [4.69, 9.17) is 0 Å². The maximum atomic E-state index is 13.2. The van der Waals surface area contributed by atoms with Gasteiger partial charge in [-0.05, 0) is 61.3 Å². The zero-order valence-corrected chi connectivity index (χ0v) is 20.8. The molecule has 180 valence electrons. The monoisotopic (exact) mass is 493 g/mol. The lowest BCUT2D eigenvalue weighted by atomic mass is 10.0. The number of nitrogens with one attached hydrogen (secondary N) is 1. The van der Waals surface area contributed by atoms with Crippen LogP contribution in [0, 0.1) is 0 Å². The number of anilines is 1. The van der Waals surface area contributed by atoms with E-state index in [0.29, 0.717) is 12.2 Å². The third-order valence-corrected chi connectivity index (χ3v) is 7.51. The van der Waals surface area contributed by atoms with Crippen LogP contribution in [0.1, 0.15) is 30.0 Å². The summed E-state index contributed by atoms with van der Waals surface area (Å²) < 4.78 is 49.2. The van der Waals surface area contributed by atoms with Crippen LogP contribution in [0.2, 0.25) is 0 Å². The van der Waals surface area contributed by atoms with Gasteiger partial charge >= 0.3 is 0 Å². The molecule has 0 aromatic heterocycles. The van der Waals surface area contributed by atoms with Crippen molar-refractivity contribution in [2.45, 2.75) is 30.2 Å². The molecule has 2 aromatic rings. The first-order valence-electron chi connectivity index (χ1n) is 10.8. The first kappa shape index (κ1) is 25.2. The van der Waals surface area contributed by atoms with Gasteiger partial charge < -0.3 is 9.80 Å². The number of carbonyl (C=O) groups excluding carboxylic acids is 1. The van der Waals surface area contributed by atoms with E-state index in [0.717, 1.165) is 49.6 Å². The van der Waals surface area contributed by atoms with Gasteiger partial charge in [0.2, 0.25) is 15.9 Å². The molecule has 1 amide bonds. The number of sulfone groups is 1. The van der Waals surface area contributed by atoms with E-state index in [-0.39, 0.29) is 23.3 Å². The van der Waals surface area contributed by atoms with Crippen molar-refractivity contribution < 1.29 is 21.6 Å². The predicted molar refractivity (Wildman–Crippen MR) is 129 cm³/mol. The van der Waals surface area contributed by atoms with Crippen LogP contribution in [0.4, 0.5) is 5.69 Å². The van der Waals surface area contributed by atoms with Gasteiger partial charge in [-0.1, -0.05) is 24.3 Å². The Morgan fingerprint density at radius 1 is 1.03 bits per heavy atom. The predicted octanol–water partition coefficient (Wildman–Crippen LogP) is 2.30. The van der Waals surface area contributed by atoms with Crippen molar-refractivity contribution in [3.63, 3.8) is 0 Å². The standard InChI is InChI=1S/C23H31N3O5S2/c1-25(23(27)15-18-9-11-21(12-10-18)32(2,28)29)22(17-26-13-4-5-14-26)19-7-6-8-20(16-19)24-33(3,30)31/h6-12,16,22,24H,4-5,13-15,17H2,1-3H3/t22-/m1/s1. The Morgan fingerprint density at radius 3 is 2.24 bits per heavy atom. The summed E-state index contributed by atoms with van der Waals surface area (Å²) in [5.74, 6) is -0.104. The van der Waals surface area contributed by atoms with Crippen molar-refractivity contribution in [3.8, 4) is 0 Å². The molecule has 1 N–H and O–H groups in total. The van der Waals surface area contributed by atoms with Crippen LogP contribution in [-0.4, -0.2) is 71.7 Å². The molecule has 33 heavy (non-hydrogen) atoms. The van der Waals surface area contributed by atoms with Gasteiger partial charge in [-0.15, -0.1) is 0 Å². The Morgan fingerprint density at radius 2 is 1.67 bits per heavy atom. The highest BCUT2D eigenvalue weighted by Crippen LogP contribution is 2.26. The molecule has 0 spiro atoms. The summed E-state index contributed by atoms with van der Waals surface area (Å²) in [5.41, 5.74) is 2.03. The number of benzene rings is 2. The van der Waals surface area contributed by atoms with E-state index < -0.39 is 19.9 Å². The Hall–Kier alpha value is -2.43. The number of likely N-dealkylation sites (tertiary alicyclic amines) is 1. The SMILES string of the molecule is CN(C(=O)Cc1ccc(S(C)(=O)=O)cc1)[C@H](CN1CCCC1)c1cccc(NS(C)(=O)=O)c1. The van der Waals surface area contributed by atoms with E-state index >= 15 is 0 Å². The van der Waals surface area contributed by atoms with Gasteiger partial charge in [-0.3, -0.25) is 9.52 Å². The smallest absolute Gasteiger partial charge is 0.229 e. The summed E-state index contributed by atoms with van der Waals surface area (Å²) in [6.45, 7) is 2.58. The normalized spacial score (nSPS) is 15.8. The van der Waals surface area contributed by atoms with Gasteiger partial charge in [0.25, 0.3) is 0 Å². The summed E-state index contributed by atoms with van der Waals surface area (Å²) in [5, 5.41) is 0. The molecule has 1 aliphatic heterocycles. The second-order valence-corrected chi connectivity index (χ2v) is 12.4. The molecule has 1 fully saturated rings. The fourth-order valence-corrected chi connectivity index (χ4v) is 5.20. The molecule has 1 aliphatic rings. The minimum absolute atomic E-state index is 0.104. The topological polar surface area (TPSA) is 104 Å². The van der Waals surface area contributed by atoms with Crippen LogP contribution in [0.15, 0.2) is 53.4 Å². The molecular weight excluding hydrogens is 462 g/mol. The Kier molecular flexibility index (Phi) is 7.81. The van der Waals surface area contributed by atoms with E-state index in [1.165, 1.54) is 12.1 Å². The lowest BCUT2D eigenvalue weighted by molar-refractivity contribution is -0.131. The van der Waals surface area contributed by atoms with Gasteiger partial charge in [-0.25, -0.2) is 16.8 Å². The van der Waals surface area contributed by atoms with Gasteiger partial charge in [-0.2, -0.15) is 0 Å². The average molecular weight is 494 g/mol. The number of sulfonamides is 1. The van der Waals surface area contributed by atoms with Crippen LogP contribution < -0.4 is 4.72 Å². The summed E-state index contributed by atoms with van der Waals surface area (Å²) in [4.78, 5) is 17.4. The van der Waals surface area contributed by atoms with Crippen molar-refractivity contribution in [2.75, 3.05) is 43.9 Å². The highest BCUT2D eigenvalue weighted by molar-refractivity contribution is 7.92. The Balaban J connectivity index is 1.82. The number of hydrogen-bond acceptors (Lipinski definition) is 6. The summed E-state index contributed by atoms with van der Waals surface area (Å²) in [7, 11) is -4.96. The lowest BCUT2D eigenvalue weighted by Gasteiger charge is -2.32. The van der Waals surface area contributed by atoms with Crippen LogP contribution in [-0.2, 0) is 31.1 Å². The van der Waals surface area contributed by atoms with Crippen LogP contribution in [0.5, 0.6) is 0 Å². The van der Waals surface area contributed by atoms with Crippen molar-refractivity contribution in [1.29, 1.82) is 0 Å². The number of carbonyl (C=O) groups is 1. The molecule has 0 bridgehead atoms. The molecule has 1 atom stereocenters. The first-order valence-corrected chi connectivity index (χ1v) is 14.6. The zero-order chi connectivity index (χ0) is 24.2. The molecule has 0 unspecified atom stereocenters. The number of likely N-dealkylation sites (N-methyl/N-ethyl adjacent to an activating group) is 1. The molecule has 3 rings (SSSR count). The minimum atomic E-state index is -3.42. The molecular formula is C23H31N3O5S2. The summed E-state index contributed by atoms with van der Waals surface area (Å²) in [6, 6.07) is 13.2. The molecule has 8 nitrogen and oxygen atoms in total. The molecule has 1 heterocycles. The van der Waals surface area contributed by atoms with E-state index in [2.05, 4.69) is 9.62 Å². The van der Waals surface area contributed by atoms with Crippen molar-refractivity contribution in [1.82, 2.24) is 9.80 Å². The first-order chi connectivity index (χ1) is 15.4. The van der Waals surface area contributed by atoms with Gasteiger partial charge in [0.15, 0.2) is 9.84 Å². The largest absolute Gasteiger partial charge is 0.337 e. The number of nitrogens with zero attached hydrogens (tertiary/aromatic N) is 2. The second-order valence-electron chi connectivity index (χ2n) is 8.62. The summed E-state index contributed by atoms with van der Waals surface area (Å²) >= 11 is 0. The maximum Gasteiger partial charge on any atom is 0.229 e. The fraction of sp³-hybridized carbons (Fsp3) is 0.435. The number of hydrogen-bond donors (Lipinski definition) is 1. The molecule has 1 saturated heterocycles. The number of rotatable bonds is 9. The fourth-order valence-electron chi connectivity index (χ4n) is 4.01. The van der Waals surface area contributed by atoms with Gasteiger partial charge in [0, 0.05) is 25.5 Å². The van der Waals surface area contributed by atoms with E-state index in [1.54, 1.807) is 42.3 Å². The quantitative estimate of drug-likeness (QED) is 0.575. The third kappa shape index (κ3) is 7.28. The Labute approximate surface area is 196 Å². The highest BCUT2D eigenvalue weighted by Gasteiger charge is 2.26. The number of amides is 1. The maximum absolute atomic E-state index is 13.2. The molecule has 0 aliphatic carbocycles. The van der Waals surface area contributed by atoms with Gasteiger partial charge in [0.05, 0.1) is 23.6 Å². The summed E-state index contributed by atoms with van der Waals surface area (Å²) in [6.07, 6.45) is 4.63. The molecule has 0 saturated carbocycles.